The number of benzene rings is 2. The molecule has 1 unspecified atom stereocenters. The van der Waals surface area contributed by atoms with E-state index in [0.29, 0.717) is 5.92 Å². The van der Waals surface area contributed by atoms with E-state index in [1.807, 2.05) is 0 Å². The van der Waals surface area contributed by atoms with Gasteiger partial charge in [-0.05, 0) is 24.1 Å². The number of aromatic nitrogens is 1. The summed E-state index contributed by atoms with van der Waals surface area (Å²) < 4.78 is 2.29. The van der Waals surface area contributed by atoms with E-state index in [1.165, 1.54) is 27.7 Å². The number of hydrogen-bond acceptors (Lipinski definition) is 0. The number of aryl methyl sites for hydroxylation is 1. The van der Waals surface area contributed by atoms with Gasteiger partial charge in [0.2, 0.25) is 0 Å². The largest absolute Gasteiger partial charge is 0.348 e. The van der Waals surface area contributed by atoms with Gasteiger partial charge in [-0.1, -0.05) is 67.6 Å². The topological polar surface area (TPSA) is 4.93 Å². The van der Waals surface area contributed by atoms with Crippen LogP contribution in [0.3, 0.4) is 0 Å². The molecule has 21 heavy (non-hydrogen) atoms. The molecule has 0 fully saturated rings. The first-order chi connectivity index (χ1) is 10.2. The van der Waals surface area contributed by atoms with Crippen molar-refractivity contribution in [1.82, 2.24) is 4.57 Å². The van der Waals surface area contributed by atoms with Gasteiger partial charge in [0.1, 0.15) is 0 Å². The quantitative estimate of drug-likeness (QED) is 0.611. The molecule has 0 amide bonds. The summed E-state index contributed by atoms with van der Waals surface area (Å²) in [4.78, 5) is 0. The summed E-state index contributed by atoms with van der Waals surface area (Å²) in [7, 11) is 2.15. The van der Waals surface area contributed by atoms with Crippen LogP contribution in [0.15, 0.2) is 60.7 Å². The number of para-hydroxylation sites is 1. The predicted octanol–water partition coefficient (Wildman–Crippen LogP) is 5.30. The zero-order chi connectivity index (χ0) is 14.8. The molecule has 0 bridgehead atoms. The van der Waals surface area contributed by atoms with Crippen molar-refractivity contribution in [3.05, 3.63) is 77.5 Å². The third-order valence-electron chi connectivity index (χ3n) is 4.28. The summed E-state index contributed by atoms with van der Waals surface area (Å²) in [6.45, 7) is 4.48. The lowest BCUT2D eigenvalue weighted by molar-refractivity contribution is 0.875. The zero-order valence-electron chi connectivity index (χ0n) is 12.9. The third-order valence-corrected chi connectivity index (χ3v) is 4.28. The van der Waals surface area contributed by atoms with Crippen LogP contribution in [-0.2, 0) is 7.05 Å². The third kappa shape index (κ3) is 2.52. The number of fused-ring (bicyclic) bond motifs is 1. The van der Waals surface area contributed by atoms with Crippen molar-refractivity contribution >= 4 is 17.0 Å². The van der Waals surface area contributed by atoms with Crippen LogP contribution in [0.5, 0.6) is 0 Å². The van der Waals surface area contributed by atoms with E-state index >= 15 is 0 Å². The van der Waals surface area contributed by atoms with Crippen LogP contribution >= 0.6 is 0 Å². The molecule has 1 aromatic heterocycles. The van der Waals surface area contributed by atoms with Gasteiger partial charge in [0, 0.05) is 29.6 Å². The number of rotatable bonds is 3. The summed E-state index contributed by atoms with van der Waals surface area (Å²) in [6, 6.07) is 19.1. The van der Waals surface area contributed by atoms with Crippen molar-refractivity contribution in [1.29, 1.82) is 0 Å². The lowest BCUT2D eigenvalue weighted by Gasteiger charge is -2.08. The smallest absolute Gasteiger partial charge is 0.0482 e. The summed E-state index contributed by atoms with van der Waals surface area (Å²) in [5, 5.41) is 1.36. The first-order valence-corrected chi connectivity index (χ1v) is 7.45. The van der Waals surface area contributed by atoms with Crippen LogP contribution in [0, 0.1) is 6.92 Å². The van der Waals surface area contributed by atoms with Gasteiger partial charge in [-0.15, -0.1) is 0 Å². The molecule has 106 valence electrons. The van der Waals surface area contributed by atoms with Crippen LogP contribution in [-0.4, -0.2) is 4.57 Å². The average Bonchev–Trinajstić information content (AvgIpc) is 2.78. The van der Waals surface area contributed by atoms with Gasteiger partial charge in [0.25, 0.3) is 0 Å². The first kappa shape index (κ1) is 13.7. The van der Waals surface area contributed by atoms with Crippen molar-refractivity contribution in [2.24, 2.45) is 7.05 Å². The second kappa shape index (κ2) is 5.61. The highest BCUT2D eigenvalue weighted by Crippen LogP contribution is 2.31. The normalized spacial score (nSPS) is 13.1. The Kier molecular flexibility index (Phi) is 3.66. The summed E-state index contributed by atoms with van der Waals surface area (Å²) in [5.41, 5.74) is 5.34. The fraction of sp³-hybridized carbons (Fsp3) is 0.200. The Morgan fingerprint density at radius 2 is 1.62 bits per heavy atom. The van der Waals surface area contributed by atoms with Crippen molar-refractivity contribution in [2.75, 3.05) is 0 Å². The molecule has 1 heterocycles. The molecule has 0 saturated heterocycles. The standard InChI is InChI=1S/C20H21N/c1-15(13-14-17-9-5-4-6-10-17)20-16(2)21(3)19-12-8-7-11-18(19)20/h4-15H,1-3H3/b14-13+. The van der Waals surface area contributed by atoms with Gasteiger partial charge >= 0.3 is 0 Å². The van der Waals surface area contributed by atoms with Gasteiger partial charge in [-0.2, -0.15) is 0 Å². The molecular weight excluding hydrogens is 254 g/mol. The summed E-state index contributed by atoms with van der Waals surface area (Å²) in [6.07, 6.45) is 4.51. The van der Waals surface area contributed by atoms with Crippen LogP contribution in [0.4, 0.5) is 0 Å². The molecule has 0 aliphatic rings. The molecule has 1 heteroatoms. The fourth-order valence-electron chi connectivity index (χ4n) is 3.04. The molecule has 1 nitrogen and oxygen atoms in total. The van der Waals surface area contributed by atoms with E-state index in [9.17, 15) is 0 Å². The highest BCUT2D eigenvalue weighted by atomic mass is 14.9. The van der Waals surface area contributed by atoms with E-state index in [0.717, 1.165) is 0 Å². The van der Waals surface area contributed by atoms with Gasteiger partial charge in [-0.25, -0.2) is 0 Å². The number of allylic oxidation sites excluding steroid dienone is 1. The minimum Gasteiger partial charge on any atom is -0.348 e. The minimum absolute atomic E-state index is 0.399. The van der Waals surface area contributed by atoms with Gasteiger partial charge < -0.3 is 4.57 Å². The molecule has 0 aliphatic carbocycles. The van der Waals surface area contributed by atoms with Crippen LogP contribution in [0.25, 0.3) is 17.0 Å². The second-order valence-electron chi connectivity index (χ2n) is 5.63. The molecule has 0 radical (unpaired) electrons. The molecule has 0 saturated carbocycles. The van der Waals surface area contributed by atoms with Crippen molar-refractivity contribution in [2.45, 2.75) is 19.8 Å². The Bertz CT molecular complexity index is 778. The van der Waals surface area contributed by atoms with Crippen molar-refractivity contribution < 1.29 is 0 Å². The lowest BCUT2D eigenvalue weighted by atomic mass is 9.96. The lowest BCUT2D eigenvalue weighted by Crippen LogP contribution is -1.95. The SMILES string of the molecule is Cc1c(C(C)/C=C/c2ccccc2)c2ccccc2n1C. The van der Waals surface area contributed by atoms with Gasteiger partial charge in [0.15, 0.2) is 0 Å². The highest BCUT2D eigenvalue weighted by molar-refractivity contribution is 5.86. The Hall–Kier alpha value is -2.28. The number of hydrogen-bond donors (Lipinski definition) is 0. The maximum atomic E-state index is 2.30. The molecule has 0 N–H and O–H groups in total. The van der Waals surface area contributed by atoms with Crippen LogP contribution < -0.4 is 0 Å². The van der Waals surface area contributed by atoms with Gasteiger partial charge in [-0.3, -0.25) is 0 Å². The Labute approximate surface area is 126 Å². The monoisotopic (exact) mass is 275 g/mol. The maximum absolute atomic E-state index is 2.30. The molecular formula is C20H21N. The molecule has 0 aliphatic heterocycles. The van der Waals surface area contributed by atoms with Gasteiger partial charge in [0.05, 0.1) is 0 Å². The van der Waals surface area contributed by atoms with Crippen molar-refractivity contribution in [3.63, 3.8) is 0 Å². The first-order valence-electron chi connectivity index (χ1n) is 7.45. The zero-order valence-corrected chi connectivity index (χ0v) is 12.9. The molecule has 1 atom stereocenters. The number of nitrogens with zero attached hydrogens (tertiary/aromatic N) is 1. The second-order valence-corrected chi connectivity index (χ2v) is 5.63. The predicted molar refractivity (Wildman–Crippen MR) is 91.5 cm³/mol. The van der Waals surface area contributed by atoms with Crippen LogP contribution in [0.2, 0.25) is 0 Å². The summed E-state index contributed by atoms with van der Waals surface area (Å²) in [5.74, 6) is 0.399. The molecule has 3 rings (SSSR count). The van der Waals surface area contributed by atoms with E-state index in [-0.39, 0.29) is 0 Å². The summed E-state index contributed by atoms with van der Waals surface area (Å²) >= 11 is 0. The van der Waals surface area contributed by atoms with Crippen LogP contribution in [0.1, 0.15) is 29.7 Å². The molecule has 0 spiro atoms. The Morgan fingerprint density at radius 3 is 2.38 bits per heavy atom. The molecule has 3 aromatic rings. The molecule has 2 aromatic carbocycles. The van der Waals surface area contributed by atoms with E-state index in [2.05, 4.69) is 92.2 Å². The van der Waals surface area contributed by atoms with E-state index in [4.69, 9.17) is 0 Å². The van der Waals surface area contributed by atoms with E-state index < -0.39 is 0 Å². The van der Waals surface area contributed by atoms with E-state index in [1.54, 1.807) is 0 Å². The average molecular weight is 275 g/mol. The van der Waals surface area contributed by atoms with Crippen molar-refractivity contribution in [3.8, 4) is 0 Å². The maximum Gasteiger partial charge on any atom is 0.0482 e. The minimum atomic E-state index is 0.399. The highest BCUT2D eigenvalue weighted by Gasteiger charge is 2.15. The Balaban J connectivity index is 2.00. The fourth-order valence-corrected chi connectivity index (χ4v) is 3.04. The Morgan fingerprint density at radius 1 is 0.952 bits per heavy atom.